The highest BCUT2D eigenvalue weighted by Crippen LogP contribution is 2.38. The number of ether oxygens (including phenoxy) is 1. The highest BCUT2D eigenvalue weighted by Gasteiger charge is 2.32. The Kier molecular flexibility index (Phi) is 3.90. The fraction of sp³-hybridized carbons (Fsp3) is 0.222. The third-order valence-electron chi connectivity index (χ3n) is 4.10. The molecule has 0 aliphatic carbocycles. The predicted molar refractivity (Wildman–Crippen MR) is 93.6 cm³/mol. The van der Waals surface area contributed by atoms with Crippen molar-refractivity contribution in [3.8, 4) is 5.75 Å². The molecule has 0 unspecified atom stereocenters. The molecule has 0 radical (unpaired) electrons. The van der Waals surface area contributed by atoms with E-state index in [1.54, 1.807) is 4.90 Å². The molecule has 2 aromatic rings. The second-order valence-corrected chi connectivity index (χ2v) is 6.90. The molecule has 6 heteroatoms. The smallest absolute Gasteiger partial charge is 0.238 e. The van der Waals surface area contributed by atoms with Crippen LogP contribution in [-0.2, 0) is 9.59 Å². The van der Waals surface area contributed by atoms with Crippen molar-refractivity contribution >= 4 is 35.0 Å². The molecule has 0 saturated heterocycles. The zero-order chi connectivity index (χ0) is 16.5. The quantitative estimate of drug-likeness (QED) is 0.913. The number of thioether (sulfide) groups is 1. The van der Waals surface area contributed by atoms with Gasteiger partial charge in [0.15, 0.2) is 0 Å². The minimum atomic E-state index is -0.414. The maximum Gasteiger partial charge on any atom is 0.238 e. The van der Waals surface area contributed by atoms with Gasteiger partial charge in [-0.3, -0.25) is 9.59 Å². The fourth-order valence-corrected chi connectivity index (χ4v) is 4.03. The Bertz CT molecular complexity index is 808. The molecule has 0 bridgehead atoms. The van der Waals surface area contributed by atoms with Crippen molar-refractivity contribution in [3.63, 3.8) is 0 Å². The van der Waals surface area contributed by atoms with Crippen LogP contribution in [0.15, 0.2) is 53.4 Å². The first-order valence-electron chi connectivity index (χ1n) is 7.81. The number of hydrogen-bond donors (Lipinski definition) is 1. The summed E-state index contributed by atoms with van der Waals surface area (Å²) in [4.78, 5) is 27.8. The lowest BCUT2D eigenvalue weighted by molar-refractivity contribution is -0.122. The Morgan fingerprint density at radius 3 is 2.92 bits per heavy atom. The third kappa shape index (κ3) is 2.73. The van der Waals surface area contributed by atoms with Gasteiger partial charge in [-0.15, -0.1) is 11.8 Å². The van der Waals surface area contributed by atoms with Crippen LogP contribution in [0.25, 0.3) is 0 Å². The van der Waals surface area contributed by atoms with Gasteiger partial charge in [0.05, 0.1) is 23.2 Å². The maximum atomic E-state index is 12.8. The minimum Gasteiger partial charge on any atom is -0.490 e. The molecule has 0 fully saturated rings. The molecule has 122 valence electrons. The first-order valence-corrected chi connectivity index (χ1v) is 8.69. The van der Waals surface area contributed by atoms with Crippen molar-refractivity contribution < 1.29 is 14.3 Å². The Morgan fingerprint density at radius 2 is 2.00 bits per heavy atom. The summed E-state index contributed by atoms with van der Waals surface area (Å²) in [6, 6.07) is 15.1. The summed E-state index contributed by atoms with van der Waals surface area (Å²) in [7, 11) is 0. The van der Waals surface area contributed by atoms with Gasteiger partial charge in [0, 0.05) is 11.3 Å². The van der Waals surface area contributed by atoms with E-state index < -0.39 is 5.25 Å². The lowest BCUT2D eigenvalue weighted by Crippen LogP contribution is -2.41. The summed E-state index contributed by atoms with van der Waals surface area (Å²) in [5.41, 5.74) is 1.59. The lowest BCUT2D eigenvalue weighted by Gasteiger charge is -2.31. The number of para-hydroxylation sites is 3. The molecule has 1 N–H and O–H groups in total. The van der Waals surface area contributed by atoms with E-state index in [2.05, 4.69) is 5.32 Å². The number of rotatable bonds is 2. The van der Waals surface area contributed by atoms with Gasteiger partial charge in [0.25, 0.3) is 0 Å². The molecule has 2 heterocycles. The molecule has 0 saturated carbocycles. The van der Waals surface area contributed by atoms with E-state index >= 15 is 0 Å². The van der Waals surface area contributed by atoms with Crippen LogP contribution < -0.4 is 15.0 Å². The van der Waals surface area contributed by atoms with E-state index in [9.17, 15) is 9.59 Å². The number of amides is 2. The molecule has 4 rings (SSSR count). The second kappa shape index (κ2) is 6.20. The first kappa shape index (κ1) is 15.1. The Morgan fingerprint density at radius 1 is 1.21 bits per heavy atom. The van der Waals surface area contributed by atoms with E-state index in [0.717, 1.165) is 16.3 Å². The van der Waals surface area contributed by atoms with Crippen molar-refractivity contribution in [2.45, 2.75) is 16.6 Å². The Labute approximate surface area is 144 Å². The van der Waals surface area contributed by atoms with Gasteiger partial charge in [0.1, 0.15) is 12.4 Å². The highest BCUT2D eigenvalue weighted by molar-refractivity contribution is 8.01. The number of anilines is 2. The molecule has 2 aromatic carbocycles. The molecule has 2 aliphatic rings. The largest absolute Gasteiger partial charge is 0.490 e. The predicted octanol–water partition coefficient (Wildman–Crippen LogP) is 2.92. The minimum absolute atomic E-state index is 0.0576. The van der Waals surface area contributed by atoms with Crippen LogP contribution in [0.3, 0.4) is 0 Å². The zero-order valence-electron chi connectivity index (χ0n) is 12.9. The topological polar surface area (TPSA) is 58.6 Å². The van der Waals surface area contributed by atoms with Crippen molar-refractivity contribution in [2.24, 2.45) is 0 Å². The van der Waals surface area contributed by atoms with Crippen molar-refractivity contribution in [1.82, 2.24) is 0 Å². The van der Waals surface area contributed by atoms with Crippen LogP contribution in [0.4, 0.5) is 11.4 Å². The summed E-state index contributed by atoms with van der Waals surface area (Å²) < 4.78 is 5.58. The fourth-order valence-electron chi connectivity index (χ4n) is 2.92. The van der Waals surface area contributed by atoms with Crippen molar-refractivity contribution in [3.05, 3.63) is 48.5 Å². The van der Waals surface area contributed by atoms with Gasteiger partial charge in [-0.05, 0) is 24.3 Å². The van der Waals surface area contributed by atoms with Gasteiger partial charge in [-0.2, -0.15) is 0 Å². The van der Waals surface area contributed by atoms with Gasteiger partial charge in [-0.1, -0.05) is 24.3 Å². The summed E-state index contributed by atoms with van der Waals surface area (Å²) in [6.07, 6.45) is 0.166. The van der Waals surface area contributed by atoms with E-state index in [1.807, 2.05) is 48.5 Å². The van der Waals surface area contributed by atoms with Crippen LogP contribution in [0.5, 0.6) is 5.75 Å². The number of benzene rings is 2. The molecule has 0 aromatic heterocycles. The first-order chi connectivity index (χ1) is 11.7. The average molecular weight is 340 g/mol. The molecule has 2 amide bonds. The van der Waals surface area contributed by atoms with Crippen molar-refractivity contribution in [2.75, 3.05) is 23.4 Å². The number of fused-ring (bicyclic) bond motifs is 2. The molecule has 1 atom stereocenters. The molecule has 2 aliphatic heterocycles. The van der Waals surface area contributed by atoms with E-state index in [4.69, 9.17) is 4.74 Å². The molecule has 5 nitrogen and oxygen atoms in total. The summed E-state index contributed by atoms with van der Waals surface area (Å²) in [5, 5.41) is 2.47. The van der Waals surface area contributed by atoms with Crippen LogP contribution >= 0.6 is 11.8 Å². The monoisotopic (exact) mass is 340 g/mol. The average Bonchev–Trinajstić information content (AvgIpc) is 2.62. The molecular weight excluding hydrogens is 324 g/mol. The van der Waals surface area contributed by atoms with Crippen LogP contribution in [0.2, 0.25) is 0 Å². The molecule has 0 spiro atoms. The standard InChI is InChI=1S/C18H16N2O3S/c21-17(20-9-10-23-14-7-3-2-6-13(14)20)11-16-18(22)19-12-5-1-4-8-15(12)24-16/h1-8,16H,9-11H2,(H,19,22)/t16-/m0/s1. The van der Waals surface area contributed by atoms with Gasteiger partial charge < -0.3 is 15.0 Å². The SMILES string of the molecule is O=C1Nc2ccccc2S[C@H]1CC(=O)N1CCOc2ccccc21. The second-order valence-electron chi connectivity index (χ2n) is 5.66. The van der Waals surface area contributed by atoms with E-state index in [-0.39, 0.29) is 18.2 Å². The van der Waals surface area contributed by atoms with E-state index in [1.165, 1.54) is 11.8 Å². The lowest BCUT2D eigenvalue weighted by atomic mass is 10.2. The number of carbonyl (C=O) groups is 2. The van der Waals surface area contributed by atoms with Crippen molar-refractivity contribution in [1.29, 1.82) is 0 Å². The van der Waals surface area contributed by atoms with Gasteiger partial charge in [0.2, 0.25) is 11.8 Å². The van der Waals surface area contributed by atoms with Crippen LogP contribution in [0.1, 0.15) is 6.42 Å². The summed E-state index contributed by atoms with van der Waals surface area (Å²) >= 11 is 1.45. The number of nitrogens with one attached hydrogen (secondary N) is 1. The summed E-state index contributed by atoms with van der Waals surface area (Å²) in [6.45, 7) is 0.973. The van der Waals surface area contributed by atoms with Gasteiger partial charge >= 0.3 is 0 Å². The highest BCUT2D eigenvalue weighted by atomic mass is 32.2. The Balaban J connectivity index is 1.52. The van der Waals surface area contributed by atoms with E-state index in [0.29, 0.717) is 18.9 Å². The number of hydrogen-bond acceptors (Lipinski definition) is 4. The van der Waals surface area contributed by atoms with Gasteiger partial charge in [-0.25, -0.2) is 0 Å². The maximum absolute atomic E-state index is 12.8. The molecule has 24 heavy (non-hydrogen) atoms. The summed E-state index contributed by atoms with van der Waals surface area (Å²) in [5.74, 6) is 0.537. The molecular formula is C18H16N2O3S. The Hall–Kier alpha value is -2.47. The number of carbonyl (C=O) groups excluding carboxylic acids is 2. The third-order valence-corrected chi connectivity index (χ3v) is 5.37. The normalized spacial score (nSPS) is 18.9. The van der Waals surface area contributed by atoms with Crippen LogP contribution in [0, 0.1) is 0 Å². The van der Waals surface area contributed by atoms with Crippen LogP contribution in [-0.4, -0.2) is 30.2 Å². The number of nitrogens with zero attached hydrogens (tertiary/aromatic N) is 1. The zero-order valence-corrected chi connectivity index (χ0v) is 13.7.